The number of ether oxygens (including phenoxy) is 3. The highest BCUT2D eigenvalue weighted by Gasteiger charge is 2.31. The summed E-state index contributed by atoms with van der Waals surface area (Å²) in [6.07, 6.45) is -4.55. The molecule has 0 unspecified atom stereocenters. The smallest absolute Gasteiger partial charge is 0.416 e. The molecule has 3 aromatic rings. The van der Waals surface area contributed by atoms with Gasteiger partial charge in [0.25, 0.3) is 11.6 Å². The van der Waals surface area contributed by atoms with E-state index in [2.05, 4.69) is 10.1 Å². The minimum Gasteiger partial charge on any atom is -0.493 e. The van der Waals surface area contributed by atoms with E-state index in [1.807, 2.05) is 0 Å². The minimum atomic E-state index is -4.55. The van der Waals surface area contributed by atoms with Gasteiger partial charge in [-0.1, -0.05) is 17.3 Å². The normalized spacial score (nSPS) is 11.2. The van der Waals surface area contributed by atoms with E-state index in [9.17, 15) is 28.1 Å². The van der Waals surface area contributed by atoms with Gasteiger partial charge in [-0.3, -0.25) is 10.1 Å². The van der Waals surface area contributed by atoms with E-state index in [0.717, 1.165) is 24.3 Å². The Balaban J connectivity index is 1.78. The molecular weight excluding hydrogens is 451 g/mol. The number of nitro benzene ring substituents is 1. The Morgan fingerprint density at radius 2 is 1.97 bits per heavy atom. The Bertz CT molecular complexity index is 1180. The van der Waals surface area contributed by atoms with Gasteiger partial charge in [0, 0.05) is 11.6 Å². The zero-order chi connectivity index (χ0) is 24.2. The fourth-order valence-electron chi connectivity index (χ4n) is 2.76. The second kappa shape index (κ2) is 9.54. The number of alkyl halides is 3. The van der Waals surface area contributed by atoms with Crippen molar-refractivity contribution in [2.24, 2.45) is 0 Å². The molecule has 0 radical (unpaired) electrons. The molecule has 0 spiro atoms. The minimum absolute atomic E-state index is 0.0399. The van der Waals surface area contributed by atoms with Crippen molar-refractivity contribution in [1.82, 2.24) is 10.1 Å². The highest BCUT2D eigenvalue weighted by Crippen LogP contribution is 2.35. The number of aromatic nitrogens is 2. The van der Waals surface area contributed by atoms with Crippen LogP contribution in [-0.2, 0) is 17.5 Å². The molecule has 0 aliphatic rings. The highest BCUT2D eigenvalue weighted by atomic mass is 19.4. The molecule has 3 rings (SSSR count). The number of hydrogen-bond donors (Lipinski definition) is 0. The number of benzene rings is 2. The monoisotopic (exact) mass is 467 g/mol. The topological polar surface area (TPSA) is 127 Å². The van der Waals surface area contributed by atoms with Crippen molar-refractivity contribution in [1.29, 1.82) is 0 Å². The van der Waals surface area contributed by atoms with Crippen molar-refractivity contribution < 1.29 is 41.6 Å². The molecule has 0 atom stereocenters. The van der Waals surface area contributed by atoms with Crippen LogP contribution in [0.4, 0.5) is 18.9 Å². The van der Waals surface area contributed by atoms with Crippen molar-refractivity contribution in [3.05, 3.63) is 63.5 Å². The van der Waals surface area contributed by atoms with E-state index in [1.165, 1.54) is 19.2 Å². The molecule has 33 heavy (non-hydrogen) atoms. The average molecular weight is 467 g/mol. The van der Waals surface area contributed by atoms with E-state index in [1.54, 1.807) is 6.92 Å². The van der Waals surface area contributed by atoms with Gasteiger partial charge in [0.2, 0.25) is 5.82 Å². The van der Waals surface area contributed by atoms with Gasteiger partial charge in [0.15, 0.2) is 18.1 Å². The molecule has 0 saturated carbocycles. The van der Waals surface area contributed by atoms with Crippen LogP contribution in [0.2, 0.25) is 0 Å². The van der Waals surface area contributed by atoms with Crippen molar-refractivity contribution in [3.63, 3.8) is 0 Å². The van der Waals surface area contributed by atoms with Crippen LogP contribution in [-0.4, -0.2) is 34.7 Å². The van der Waals surface area contributed by atoms with Gasteiger partial charge in [-0.2, -0.15) is 18.2 Å². The first-order chi connectivity index (χ1) is 15.6. The summed E-state index contributed by atoms with van der Waals surface area (Å²) in [6, 6.07) is 6.42. The molecule has 0 N–H and O–H groups in total. The SMILES string of the molecule is CCOc1cc([N+](=O)[O-])c(C(=O)OCc2nc(-c3cccc(C(F)(F)F)c3)no2)cc1OC. The third-order valence-corrected chi connectivity index (χ3v) is 4.24. The molecule has 1 heterocycles. The number of rotatable bonds is 8. The van der Waals surface area contributed by atoms with Crippen LogP contribution in [0.1, 0.15) is 28.7 Å². The summed E-state index contributed by atoms with van der Waals surface area (Å²) in [5.74, 6) is -1.30. The van der Waals surface area contributed by atoms with Crippen LogP contribution in [0.5, 0.6) is 11.5 Å². The van der Waals surface area contributed by atoms with Gasteiger partial charge >= 0.3 is 12.1 Å². The maximum atomic E-state index is 12.9. The highest BCUT2D eigenvalue weighted by molar-refractivity contribution is 5.95. The summed E-state index contributed by atoms with van der Waals surface area (Å²) in [6.45, 7) is 1.31. The zero-order valence-electron chi connectivity index (χ0n) is 17.2. The molecule has 0 fully saturated rings. The summed E-state index contributed by atoms with van der Waals surface area (Å²) in [4.78, 5) is 27.0. The number of methoxy groups -OCH3 is 1. The van der Waals surface area contributed by atoms with Crippen molar-refractivity contribution >= 4 is 11.7 Å². The summed E-state index contributed by atoms with van der Waals surface area (Å²) < 4.78 is 58.9. The van der Waals surface area contributed by atoms with Gasteiger partial charge in [-0.05, 0) is 19.1 Å². The lowest BCUT2D eigenvalue weighted by atomic mass is 10.1. The molecular formula is C20H16F3N3O7. The fourth-order valence-corrected chi connectivity index (χ4v) is 2.76. The maximum absolute atomic E-state index is 12.9. The Labute approximate surface area is 184 Å². The van der Waals surface area contributed by atoms with E-state index in [4.69, 9.17) is 18.7 Å². The molecule has 0 bridgehead atoms. The molecule has 10 nitrogen and oxygen atoms in total. The molecule has 1 aromatic heterocycles. The maximum Gasteiger partial charge on any atom is 0.416 e. The molecule has 0 aliphatic heterocycles. The fraction of sp³-hybridized carbons (Fsp3) is 0.250. The largest absolute Gasteiger partial charge is 0.493 e. The molecule has 174 valence electrons. The standard InChI is InChI=1S/C20H16F3N3O7/c1-3-31-16-9-14(26(28)29)13(8-15(16)30-2)19(27)32-10-17-24-18(25-33-17)11-5-4-6-12(7-11)20(21,22)23/h4-9H,3,10H2,1-2H3. The zero-order valence-corrected chi connectivity index (χ0v) is 17.2. The van der Waals surface area contributed by atoms with Gasteiger partial charge in [0.1, 0.15) is 5.56 Å². The van der Waals surface area contributed by atoms with Crippen LogP contribution >= 0.6 is 0 Å². The predicted molar refractivity (Wildman–Crippen MR) is 105 cm³/mol. The predicted octanol–water partition coefficient (Wildman–Crippen LogP) is 4.43. The van der Waals surface area contributed by atoms with Gasteiger partial charge in [-0.25, -0.2) is 4.79 Å². The number of halogens is 3. The summed E-state index contributed by atoms with van der Waals surface area (Å²) in [5, 5.41) is 15.0. The number of esters is 1. The number of nitro groups is 1. The quantitative estimate of drug-likeness (QED) is 0.269. The third-order valence-electron chi connectivity index (χ3n) is 4.24. The molecule has 0 saturated heterocycles. The average Bonchev–Trinajstić information content (AvgIpc) is 3.26. The van der Waals surface area contributed by atoms with E-state index < -0.39 is 40.5 Å². The van der Waals surface area contributed by atoms with Crippen LogP contribution in [0.3, 0.4) is 0 Å². The van der Waals surface area contributed by atoms with Gasteiger partial charge in [0.05, 0.1) is 30.3 Å². The summed E-state index contributed by atoms with van der Waals surface area (Å²) >= 11 is 0. The first-order valence-corrected chi connectivity index (χ1v) is 9.30. The van der Waals surface area contributed by atoms with Crippen LogP contribution in [0, 0.1) is 10.1 Å². The lowest BCUT2D eigenvalue weighted by Gasteiger charge is -2.11. The van der Waals surface area contributed by atoms with Crippen molar-refractivity contribution in [2.45, 2.75) is 19.7 Å². The Morgan fingerprint density at radius 3 is 2.61 bits per heavy atom. The Kier molecular flexibility index (Phi) is 6.80. The lowest BCUT2D eigenvalue weighted by molar-refractivity contribution is -0.385. The van der Waals surface area contributed by atoms with Gasteiger partial charge in [-0.15, -0.1) is 0 Å². The number of nitrogens with zero attached hydrogens (tertiary/aromatic N) is 3. The Morgan fingerprint density at radius 1 is 1.21 bits per heavy atom. The Hall–Kier alpha value is -4.16. The first kappa shape index (κ1) is 23.5. The van der Waals surface area contributed by atoms with Gasteiger partial charge < -0.3 is 18.7 Å². The van der Waals surface area contributed by atoms with Crippen molar-refractivity contribution in [3.8, 4) is 22.9 Å². The van der Waals surface area contributed by atoms with Crippen LogP contribution < -0.4 is 9.47 Å². The lowest BCUT2D eigenvalue weighted by Crippen LogP contribution is -2.10. The summed E-state index contributed by atoms with van der Waals surface area (Å²) in [5.41, 5.74) is -1.83. The summed E-state index contributed by atoms with van der Waals surface area (Å²) in [7, 11) is 1.30. The number of carbonyl (C=O) groups excluding carboxylic acids is 1. The first-order valence-electron chi connectivity index (χ1n) is 9.30. The number of carbonyl (C=O) groups is 1. The van der Waals surface area contributed by atoms with E-state index in [0.29, 0.717) is 0 Å². The van der Waals surface area contributed by atoms with Crippen LogP contribution in [0.15, 0.2) is 40.9 Å². The van der Waals surface area contributed by atoms with E-state index in [-0.39, 0.29) is 35.4 Å². The second-order valence-corrected chi connectivity index (χ2v) is 6.38. The third kappa shape index (κ3) is 5.37. The molecule has 0 aliphatic carbocycles. The van der Waals surface area contributed by atoms with Crippen LogP contribution in [0.25, 0.3) is 11.4 Å². The van der Waals surface area contributed by atoms with E-state index >= 15 is 0 Å². The van der Waals surface area contributed by atoms with Crippen molar-refractivity contribution in [2.75, 3.05) is 13.7 Å². The molecule has 0 amide bonds. The molecule has 13 heteroatoms. The second-order valence-electron chi connectivity index (χ2n) is 6.38. The molecule has 2 aromatic carbocycles. The number of hydrogen-bond acceptors (Lipinski definition) is 9.